The normalized spacial score (nSPS) is 18.0. The zero-order valence-corrected chi connectivity index (χ0v) is 13.0. The van der Waals surface area contributed by atoms with Crippen molar-refractivity contribution in [1.29, 1.82) is 0 Å². The summed E-state index contributed by atoms with van der Waals surface area (Å²) in [6.45, 7) is 0.924. The van der Waals surface area contributed by atoms with Crippen molar-refractivity contribution in [2.24, 2.45) is 0 Å². The quantitative estimate of drug-likeness (QED) is 0.878. The molecule has 1 fully saturated rings. The van der Waals surface area contributed by atoms with Crippen molar-refractivity contribution in [3.63, 3.8) is 0 Å². The van der Waals surface area contributed by atoms with Gasteiger partial charge in [0.05, 0.1) is 11.7 Å². The van der Waals surface area contributed by atoms with Crippen molar-refractivity contribution in [1.82, 2.24) is 15.0 Å². The van der Waals surface area contributed by atoms with Crippen molar-refractivity contribution in [3.8, 4) is 0 Å². The highest BCUT2D eigenvalue weighted by atomic mass is 35.5. The van der Waals surface area contributed by atoms with Crippen molar-refractivity contribution in [3.05, 3.63) is 35.1 Å². The molecule has 0 radical (unpaired) electrons. The number of aliphatic hydroxyl groups excluding tert-OH is 1. The van der Waals surface area contributed by atoms with E-state index >= 15 is 0 Å². The minimum absolute atomic E-state index is 0.0331. The number of hydrogen-bond acceptors (Lipinski definition) is 6. The minimum atomic E-state index is -4.44. The zero-order chi connectivity index (χ0) is 17.3. The molecule has 1 atom stereocenters. The molecule has 3 rings (SSSR count). The van der Waals surface area contributed by atoms with Gasteiger partial charge in [-0.15, -0.1) is 0 Å². The van der Waals surface area contributed by atoms with Gasteiger partial charge in [0.1, 0.15) is 0 Å². The molecular formula is C14H13ClF3N5O. The largest absolute Gasteiger partial charge is 0.416 e. The van der Waals surface area contributed by atoms with Crippen LogP contribution in [0.3, 0.4) is 0 Å². The van der Waals surface area contributed by atoms with Gasteiger partial charge < -0.3 is 15.3 Å². The molecule has 0 aliphatic carbocycles. The molecule has 1 aromatic heterocycles. The molecule has 2 N–H and O–H groups in total. The van der Waals surface area contributed by atoms with Crippen LogP contribution in [0.15, 0.2) is 24.3 Å². The van der Waals surface area contributed by atoms with Crippen LogP contribution in [-0.4, -0.2) is 39.3 Å². The molecule has 0 spiro atoms. The number of rotatable bonds is 3. The third kappa shape index (κ3) is 3.85. The molecule has 6 nitrogen and oxygen atoms in total. The van der Waals surface area contributed by atoms with Gasteiger partial charge in [-0.25, -0.2) is 0 Å². The summed E-state index contributed by atoms with van der Waals surface area (Å²) in [6, 6.07) is 4.68. The maximum absolute atomic E-state index is 12.8. The van der Waals surface area contributed by atoms with E-state index in [2.05, 4.69) is 20.3 Å². The molecule has 24 heavy (non-hydrogen) atoms. The highest BCUT2D eigenvalue weighted by Gasteiger charge is 2.30. The van der Waals surface area contributed by atoms with Crippen molar-refractivity contribution < 1.29 is 18.3 Å². The Balaban J connectivity index is 1.84. The van der Waals surface area contributed by atoms with E-state index in [0.29, 0.717) is 19.5 Å². The maximum atomic E-state index is 12.8. The van der Waals surface area contributed by atoms with E-state index in [1.807, 2.05) is 0 Å². The van der Waals surface area contributed by atoms with E-state index in [4.69, 9.17) is 11.6 Å². The number of anilines is 3. The van der Waals surface area contributed by atoms with Gasteiger partial charge in [-0.3, -0.25) is 0 Å². The van der Waals surface area contributed by atoms with Gasteiger partial charge in [0.2, 0.25) is 17.2 Å². The number of halogens is 4. The zero-order valence-electron chi connectivity index (χ0n) is 12.3. The first-order valence-corrected chi connectivity index (χ1v) is 7.48. The predicted octanol–water partition coefficient (Wildman–Crippen LogP) is 2.86. The number of nitrogens with one attached hydrogen (secondary N) is 1. The van der Waals surface area contributed by atoms with E-state index in [1.54, 1.807) is 4.90 Å². The number of β-amino-alcohol motifs (C(OH)–C–C–N with tert-alkyl or cyclic N) is 1. The first kappa shape index (κ1) is 16.7. The van der Waals surface area contributed by atoms with Crippen LogP contribution in [0.4, 0.5) is 30.8 Å². The summed E-state index contributed by atoms with van der Waals surface area (Å²) in [5.41, 5.74) is -0.602. The Labute approximate surface area is 140 Å². The standard InChI is InChI=1S/C14H13ClF3N5O/c15-11-20-12(22-13(21-11)23-5-4-10(24)7-23)19-9-3-1-2-8(6-9)14(16,17)18/h1-3,6,10,24H,4-5,7H2,(H,19,20,21,22)/t10-/m1/s1. The average Bonchev–Trinajstić information content (AvgIpc) is 2.93. The summed E-state index contributed by atoms with van der Waals surface area (Å²) < 4.78 is 38.3. The fourth-order valence-corrected chi connectivity index (χ4v) is 2.52. The Hall–Kier alpha value is -2.13. The molecule has 128 valence electrons. The summed E-state index contributed by atoms with van der Waals surface area (Å²) in [4.78, 5) is 13.7. The molecule has 2 heterocycles. The van der Waals surface area contributed by atoms with Gasteiger partial charge in [-0.2, -0.15) is 28.1 Å². The van der Waals surface area contributed by atoms with E-state index in [1.165, 1.54) is 12.1 Å². The summed E-state index contributed by atoms with van der Waals surface area (Å²) in [6.07, 6.45) is -4.33. The molecular weight excluding hydrogens is 347 g/mol. The molecule has 1 aromatic carbocycles. The molecule has 0 bridgehead atoms. The van der Waals surface area contributed by atoms with Crippen molar-refractivity contribution >= 4 is 29.2 Å². The van der Waals surface area contributed by atoms with Crippen LogP contribution in [-0.2, 0) is 6.18 Å². The Morgan fingerprint density at radius 2 is 2.04 bits per heavy atom. The lowest BCUT2D eigenvalue weighted by Crippen LogP contribution is -2.24. The van der Waals surface area contributed by atoms with E-state index in [-0.39, 0.29) is 22.9 Å². The average molecular weight is 360 g/mol. The molecule has 1 aliphatic heterocycles. The highest BCUT2D eigenvalue weighted by Crippen LogP contribution is 2.31. The Bertz CT molecular complexity index is 743. The van der Waals surface area contributed by atoms with Crippen molar-refractivity contribution in [2.45, 2.75) is 18.7 Å². The van der Waals surface area contributed by atoms with Crippen LogP contribution >= 0.6 is 11.6 Å². The second kappa shape index (κ2) is 6.40. The van der Waals surface area contributed by atoms with Crippen LogP contribution in [0.2, 0.25) is 5.28 Å². The third-order valence-electron chi connectivity index (χ3n) is 3.49. The maximum Gasteiger partial charge on any atom is 0.416 e. The predicted molar refractivity (Wildman–Crippen MR) is 82.4 cm³/mol. The third-order valence-corrected chi connectivity index (χ3v) is 3.66. The van der Waals surface area contributed by atoms with Gasteiger partial charge in [0.15, 0.2) is 0 Å². The van der Waals surface area contributed by atoms with Crippen LogP contribution in [0.5, 0.6) is 0 Å². The second-order valence-electron chi connectivity index (χ2n) is 5.32. The van der Waals surface area contributed by atoms with Gasteiger partial charge in [0, 0.05) is 18.8 Å². The van der Waals surface area contributed by atoms with Crippen LogP contribution < -0.4 is 10.2 Å². The summed E-state index contributed by atoms with van der Waals surface area (Å²) in [7, 11) is 0. The Morgan fingerprint density at radius 1 is 1.25 bits per heavy atom. The first-order chi connectivity index (χ1) is 11.3. The summed E-state index contributed by atoms with van der Waals surface area (Å²) in [5, 5.41) is 12.2. The number of benzene rings is 1. The number of alkyl halides is 3. The van der Waals surface area contributed by atoms with Gasteiger partial charge in [-0.05, 0) is 36.2 Å². The van der Waals surface area contributed by atoms with Gasteiger partial charge in [-0.1, -0.05) is 6.07 Å². The number of nitrogens with zero attached hydrogens (tertiary/aromatic N) is 4. The molecule has 0 unspecified atom stereocenters. The van der Waals surface area contributed by atoms with Crippen LogP contribution in [0.1, 0.15) is 12.0 Å². The Kier molecular flexibility index (Phi) is 4.46. The summed E-state index contributed by atoms with van der Waals surface area (Å²) in [5.74, 6) is 0.298. The van der Waals surface area contributed by atoms with E-state index in [0.717, 1.165) is 12.1 Å². The number of hydrogen-bond donors (Lipinski definition) is 2. The lowest BCUT2D eigenvalue weighted by molar-refractivity contribution is -0.137. The number of aromatic nitrogens is 3. The van der Waals surface area contributed by atoms with E-state index in [9.17, 15) is 18.3 Å². The fraction of sp³-hybridized carbons (Fsp3) is 0.357. The molecule has 0 amide bonds. The lowest BCUT2D eigenvalue weighted by Gasteiger charge is -2.16. The van der Waals surface area contributed by atoms with Crippen LogP contribution in [0.25, 0.3) is 0 Å². The lowest BCUT2D eigenvalue weighted by atomic mass is 10.2. The molecule has 1 saturated heterocycles. The molecule has 10 heteroatoms. The fourth-order valence-electron chi connectivity index (χ4n) is 2.36. The monoisotopic (exact) mass is 359 g/mol. The number of aliphatic hydroxyl groups is 1. The Morgan fingerprint density at radius 3 is 2.71 bits per heavy atom. The highest BCUT2D eigenvalue weighted by molar-refractivity contribution is 6.28. The summed E-state index contributed by atoms with van der Waals surface area (Å²) >= 11 is 5.86. The van der Waals surface area contributed by atoms with Crippen LogP contribution in [0, 0.1) is 0 Å². The van der Waals surface area contributed by atoms with Gasteiger partial charge >= 0.3 is 6.18 Å². The van der Waals surface area contributed by atoms with Crippen molar-refractivity contribution in [2.75, 3.05) is 23.3 Å². The molecule has 0 saturated carbocycles. The SMILES string of the molecule is O[C@@H]1CCN(c2nc(Cl)nc(Nc3cccc(C(F)(F)F)c3)n2)C1. The van der Waals surface area contributed by atoms with E-state index < -0.39 is 17.8 Å². The first-order valence-electron chi connectivity index (χ1n) is 7.10. The molecule has 1 aliphatic rings. The van der Waals surface area contributed by atoms with Gasteiger partial charge in [0.25, 0.3) is 0 Å². The smallest absolute Gasteiger partial charge is 0.391 e. The second-order valence-corrected chi connectivity index (χ2v) is 5.66. The minimum Gasteiger partial charge on any atom is -0.391 e. The topological polar surface area (TPSA) is 74.2 Å². The molecule has 2 aromatic rings.